The van der Waals surface area contributed by atoms with Crippen molar-refractivity contribution in [3.63, 3.8) is 0 Å². The minimum Gasteiger partial charge on any atom is -0.425 e. The Hall–Kier alpha value is -2.39. The van der Waals surface area contributed by atoms with Crippen LogP contribution in [-0.4, -0.2) is 18.4 Å². The normalized spacial score (nSPS) is 26.2. The van der Waals surface area contributed by atoms with Crippen molar-refractivity contribution < 1.29 is 14.3 Å². The molecule has 2 fully saturated rings. The standard InChI is InChI=1S/C25H26O3/c1-18-10-12-19(13-11-18)21-22(20-8-4-2-5-9-20)25(28-23(21)26)16-24(17-27-25)14-6-3-7-15-24/h2,4-5,8-13H,3,6-7,14-17H2,1H3/t25-/m0/s1. The number of ether oxygens (including phenoxy) is 2. The minimum absolute atomic E-state index is 0.140. The molecule has 2 aromatic carbocycles. The lowest BCUT2D eigenvalue weighted by atomic mass is 9.71. The third-order valence-corrected chi connectivity index (χ3v) is 6.63. The van der Waals surface area contributed by atoms with E-state index in [2.05, 4.69) is 19.1 Å². The SMILES string of the molecule is Cc1ccc(C2=C(c3ccccc3)[C@]3(CC4(CCCCC4)CO3)OC2=O)cc1. The fourth-order valence-corrected chi connectivity index (χ4v) is 5.21. The van der Waals surface area contributed by atoms with Crippen molar-refractivity contribution >= 4 is 17.1 Å². The Kier molecular flexibility index (Phi) is 4.17. The maximum Gasteiger partial charge on any atom is 0.342 e. The smallest absolute Gasteiger partial charge is 0.342 e. The molecule has 0 unspecified atom stereocenters. The molecule has 2 aromatic rings. The predicted molar refractivity (Wildman–Crippen MR) is 109 cm³/mol. The molecule has 28 heavy (non-hydrogen) atoms. The number of carbonyl (C=O) groups is 1. The molecule has 0 bridgehead atoms. The van der Waals surface area contributed by atoms with E-state index < -0.39 is 5.79 Å². The summed E-state index contributed by atoms with van der Waals surface area (Å²) in [4.78, 5) is 13.1. The molecule has 0 N–H and O–H groups in total. The van der Waals surface area contributed by atoms with E-state index in [1.807, 2.05) is 42.5 Å². The topological polar surface area (TPSA) is 35.5 Å². The first-order valence-electron chi connectivity index (χ1n) is 10.4. The van der Waals surface area contributed by atoms with Gasteiger partial charge in [-0.25, -0.2) is 4.79 Å². The molecular weight excluding hydrogens is 348 g/mol. The van der Waals surface area contributed by atoms with Crippen molar-refractivity contribution in [3.05, 3.63) is 71.3 Å². The second-order valence-corrected chi connectivity index (χ2v) is 8.65. The van der Waals surface area contributed by atoms with Crippen LogP contribution in [0.3, 0.4) is 0 Å². The fraction of sp³-hybridized carbons (Fsp3) is 0.400. The number of aryl methyl sites for hydroxylation is 1. The highest BCUT2D eigenvalue weighted by atomic mass is 16.7. The third-order valence-electron chi connectivity index (χ3n) is 6.63. The molecule has 2 heterocycles. The Morgan fingerprint density at radius 1 is 0.857 bits per heavy atom. The molecule has 5 rings (SSSR count). The highest BCUT2D eigenvalue weighted by Gasteiger charge is 2.59. The van der Waals surface area contributed by atoms with Gasteiger partial charge in [-0.15, -0.1) is 0 Å². The van der Waals surface area contributed by atoms with Crippen molar-refractivity contribution in [3.8, 4) is 0 Å². The van der Waals surface area contributed by atoms with E-state index in [1.165, 1.54) is 24.8 Å². The van der Waals surface area contributed by atoms with Crippen LogP contribution in [0.15, 0.2) is 54.6 Å². The van der Waals surface area contributed by atoms with Crippen LogP contribution >= 0.6 is 0 Å². The first-order valence-corrected chi connectivity index (χ1v) is 10.4. The largest absolute Gasteiger partial charge is 0.425 e. The summed E-state index contributed by atoms with van der Waals surface area (Å²) < 4.78 is 12.5. The fourth-order valence-electron chi connectivity index (χ4n) is 5.21. The average Bonchev–Trinajstić information content (AvgIpc) is 3.20. The van der Waals surface area contributed by atoms with E-state index in [4.69, 9.17) is 9.47 Å². The molecule has 144 valence electrons. The second-order valence-electron chi connectivity index (χ2n) is 8.65. The van der Waals surface area contributed by atoms with Gasteiger partial charge >= 0.3 is 5.97 Å². The van der Waals surface area contributed by atoms with Gasteiger partial charge in [0.15, 0.2) is 0 Å². The lowest BCUT2D eigenvalue weighted by Gasteiger charge is -2.33. The Morgan fingerprint density at radius 2 is 1.57 bits per heavy atom. The van der Waals surface area contributed by atoms with Crippen molar-refractivity contribution in [1.29, 1.82) is 0 Å². The molecule has 0 aromatic heterocycles. The summed E-state index contributed by atoms with van der Waals surface area (Å²) in [7, 11) is 0. The van der Waals surface area contributed by atoms with Crippen molar-refractivity contribution in [2.45, 2.75) is 51.2 Å². The maximum absolute atomic E-state index is 13.1. The third kappa shape index (κ3) is 2.80. The van der Waals surface area contributed by atoms with Crippen molar-refractivity contribution in [2.24, 2.45) is 5.41 Å². The highest BCUT2D eigenvalue weighted by molar-refractivity contribution is 6.28. The number of esters is 1. The zero-order valence-electron chi connectivity index (χ0n) is 16.4. The van der Waals surface area contributed by atoms with Crippen molar-refractivity contribution in [2.75, 3.05) is 6.61 Å². The van der Waals surface area contributed by atoms with Gasteiger partial charge in [-0.1, -0.05) is 79.4 Å². The van der Waals surface area contributed by atoms with Gasteiger partial charge in [0, 0.05) is 17.4 Å². The summed E-state index contributed by atoms with van der Waals surface area (Å²) in [6, 6.07) is 18.2. The van der Waals surface area contributed by atoms with Crippen LogP contribution in [-0.2, 0) is 14.3 Å². The molecule has 3 nitrogen and oxygen atoms in total. The maximum atomic E-state index is 13.1. The van der Waals surface area contributed by atoms with Gasteiger partial charge in [0.05, 0.1) is 12.2 Å². The van der Waals surface area contributed by atoms with E-state index >= 15 is 0 Å². The van der Waals surface area contributed by atoms with E-state index in [-0.39, 0.29) is 11.4 Å². The van der Waals surface area contributed by atoms with Crippen LogP contribution in [0.4, 0.5) is 0 Å². The summed E-state index contributed by atoms with van der Waals surface area (Å²) in [5, 5.41) is 0. The van der Waals surface area contributed by atoms with E-state index in [9.17, 15) is 4.79 Å². The summed E-state index contributed by atoms with van der Waals surface area (Å²) in [6.45, 7) is 2.73. The predicted octanol–water partition coefficient (Wildman–Crippen LogP) is 5.53. The Bertz CT molecular complexity index is 920. The molecule has 3 heteroatoms. The van der Waals surface area contributed by atoms with Crippen LogP contribution in [0.1, 0.15) is 55.2 Å². The Labute approximate surface area is 166 Å². The molecule has 0 amide bonds. The summed E-state index contributed by atoms with van der Waals surface area (Å²) in [5.41, 5.74) is 4.78. The number of hydrogen-bond donors (Lipinski definition) is 0. The van der Waals surface area contributed by atoms with E-state index in [1.54, 1.807) is 0 Å². The Morgan fingerprint density at radius 3 is 2.29 bits per heavy atom. The van der Waals surface area contributed by atoms with Gasteiger partial charge in [0.25, 0.3) is 0 Å². The molecule has 2 aliphatic heterocycles. The van der Waals surface area contributed by atoms with Gasteiger partial charge in [0.2, 0.25) is 5.79 Å². The molecule has 1 aliphatic carbocycles. The number of hydrogen-bond acceptors (Lipinski definition) is 3. The zero-order chi connectivity index (χ0) is 19.2. The Balaban J connectivity index is 1.66. The lowest BCUT2D eigenvalue weighted by molar-refractivity contribution is -0.178. The summed E-state index contributed by atoms with van der Waals surface area (Å²) in [5.74, 6) is -1.22. The molecule has 2 spiro atoms. The number of rotatable bonds is 2. The van der Waals surface area contributed by atoms with Crippen molar-refractivity contribution in [1.82, 2.24) is 0 Å². The number of benzene rings is 2. The van der Waals surface area contributed by atoms with Gasteiger partial charge in [-0.05, 0) is 30.9 Å². The second kappa shape index (κ2) is 6.59. The molecular formula is C25H26O3. The molecule has 3 aliphatic rings. The monoisotopic (exact) mass is 374 g/mol. The van der Waals surface area contributed by atoms with E-state index in [0.29, 0.717) is 12.2 Å². The minimum atomic E-state index is -0.948. The van der Waals surface area contributed by atoms with Crippen LogP contribution < -0.4 is 0 Å². The highest BCUT2D eigenvalue weighted by Crippen LogP contribution is 2.57. The van der Waals surface area contributed by atoms with Gasteiger partial charge in [-0.2, -0.15) is 0 Å². The average molecular weight is 374 g/mol. The van der Waals surface area contributed by atoms with Crippen LogP contribution in [0.5, 0.6) is 0 Å². The summed E-state index contributed by atoms with van der Waals surface area (Å²) >= 11 is 0. The van der Waals surface area contributed by atoms with Crippen LogP contribution in [0.25, 0.3) is 11.1 Å². The van der Waals surface area contributed by atoms with Gasteiger partial charge < -0.3 is 9.47 Å². The quantitative estimate of drug-likeness (QED) is 0.649. The first-order chi connectivity index (χ1) is 13.6. The van der Waals surface area contributed by atoms with Gasteiger partial charge in [-0.3, -0.25) is 0 Å². The lowest BCUT2D eigenvalue weighted by Crippen LogP contribution is -2.32. The zero-order valence-corrected chi connectivity index (χ0v) is 16.4. The van der Waals surface area contributed by atoms with Crippen LogP contribution in [0.2, 0.25) is 0 Å². The number of carbonyl (C=O) groups excluding carboxylic acids is 1. The van der Waals surface area contributed by atoms with Crippen LogP contribution in [0, 0.1) is 12.3 Å². The summed E-state index contributed by atoms with van der Waals surface area (Å²) in [6.07, 6.45) is 6.86. The molecule has 0 radical (unpaired) electrons. The first kappa shape index (κ1) is 17.7. The van der Waals surface area contributed by atoms with E-state index in [0.717, 1.165) is 36.0 Å². The molecule has 1 saturated heterocycles. The van der Waals surface area contributed by atoms with Gasteiger partial charge in [0.1, 0.15) is 0 Å². The molecule has 1 atom stereocenters. The molecule has 1 saturated carbocycles.